The highest BCUT2D eigenvalue weighted by atomic mass is 32.2. The van der Waals surface area contributed by atoms with Gasteiger partial charge in [-0.15, -0.1) is 0 Å². The van der Waals surface area contributed by atoms with Gasteiger partial charge in [-0.2, -0.15) is 0 Å². The molecule has 1 heterocycles. The molecule has 0 aliphatic rings. The molecule has 126 valence electrons. The van der Waals surface area contributed by atoms with Crippen LogP contribution in [0, 0.1) is 13.8 Å². The summed E-state index contributed by atoms with van der Waals surface area (Å²) >= 11 is 1.58. The van der Waals surface area contributed by atoms with Gasteiger partial charge in [0.2, 0.25) is 10.0 Å². The molecule has 1 aromatic heterocycles. The molecule has 0 saturated heterocycles. The van der Waals surface area contributed by atoms with Gasteiger partial charge in [-0.25, -0.2) is 17.7 Å². The molecule has 5 nitrogen and oxygen atoms in total. The van der Waals surface area contributed by atoms with Gasteiger partial charge in [0.1, 0.15) is 0 Å². The Morgan fingerprint density at radius 2 is 2.00 bits per heavy atom. The van der Waals surface area contributed by atoms with E-state index >= 15 is 0 Å². The first kappa shape index (κ1) is 18.0. The van der Waals surface area contributed by atoms with Crippen LogP contribution in [0.25, 0.3) is 5.69 Å². The number of benzene rings is 1. The first-order chi connectivity index (χ1) is 10.8. The summed E-state index contributed by atoms with van der Waals surface area (Å²) in [6.07, 6.45) is 4.33. The molecule has 0 unspecified atom stereocenters. The maximum atomic E-state index is 11.8. The molecule has 0 spiro atoms. The van der Waals surface area contributed by atoms with Crippen molar-refractivity contribution >= 4 is 21.8 Å². The van der Waals surface area contributed by atoms with E-state index in [0.29, 0.717) is 6.42 Å². The fourth-order valence-corrected chi connectivity index (χ4v) is 4.13. The highest BCUT2D eigenvalue weighted by Gasteiger charge is 2.14. The van der Waals surface area contributed by atoms with Gasteiger partial charge >= 0.3 is 0 Å². The molecule has 0 N–H and O–H groups in total. The Balaban J connectivity index is 2.04. The molecular formula is C16H23N3O2S2. The van der Waals surface area contributed by atoms with Crippen LogP contribution in [-0.4, -0.2) is 47.9 Å². The van der Waals surface area contributed by atoms with E-state index in [1.54, 1.807) is 32.1 Å². The number of nitrogens with zero attached hydrogens (tertiary/aromatic N) is 3. The molecule has 23 heavy (non-hydrogen) atoms. The Morgan fingerprint density at radius 1 is 1.26 bits per heavy atom. The van der Waals surface area contributed by atoms with Crippen molar-refractivity contribution in [1.82, 2.24) is 13.9 Å². The van der Waals surface area contributed by atoms with Gasteiger partial charge in [-0.1, -0.05) is 23.9 Å². The van der Waals surface area contributed by atoms with Crippen molar-refractivity contribution < 1.29 is 8.42 Å². The number of rotatable bonds is 7. The molecule has 0 radical (unpaired) electrons. The van der Waals surface area contributed by atoms with Crippen LogP contribution in [0.5, 0.6) is 0 Å². The Labute approximate surface area is 142 Å². The Morgan fingerprint density at radius 3 is 2.70 bits per heavy atom. The SMILES string of the molecule is Cc1cccc(-n2ccnc2SCCCS(=O)(=O)N(C)C)c1C. The normalized spacial score (nSPS) is 12.0. The number of aromatic nitrogens is 2. The molecule has 0 aliphatic carbocycles. The van der Waals surface area contributed by atoms with Crippen molar-refractivity contribution in [3.8, 4) is 5.69 Å². The molecule has 0 fully saturated rings. The van der Waals surface area contributed by atoms with E-state index < -0.39 is 10.0 Å². The van der Waals surface area contributed by atoms with Crippen molar-refractivity contribution in [3.05, 3.63) is 41.7 Å². The van der Waals surface area contributed by atoms with E-state index in [1.807, 2.05) is 12.3 Å². The third-order valence-corrected chi connectivity index (χ3v) is 6.75. The first-order valence-electron chi connectivity index (χ1n) is 7.46. The smallest absolute Gasteiger partial charge is 0.213 e. The lowest BCUT2D eigenvalue weighted by Gasteiger charge is -2.13. The Bertz CT molecular complexity index is 767. The predicted octanol–water partition coefficient (Wildman–Crippen LogP) is 2.86. The summed E-state index contributed by atoms with van der Waals surface area (Å²) in [5, 5.41) is 0.890. The first-order valence-corrected chi connectivity index (χ1v) is 10.1. The zero-order valence-electron chi connectivity index (χ0n) is 14.0. The Kier molecular flexibility index (Phi) is 5.89. The van der Waals surface area contributed by atoms with Crippen LogP contribution in [-0.2, 0) is 10.0 Å². The average molecular weight is 354 g/mol. The van der Waals surface area contributed by atoms with Crippen molar-refractivity contribution in [3.63, 3.8) is 0 Å². The second kappa shape index (κ2) is 7.51. The minimum Gasteiger partial charge on any atom is -0.295 e. The van der Waals surface area contributed by atoms with Gasteiger partial charge in [0, 0.05) is 32.2 Å². The topological polar surface area (TPSA) is 55.2 Å². The molecule has 0 aliphatic heterocycles. The van der Waals surface area contributed by atoms with Crippen LogP contribution < -0.4 is 0 Å². The summed E-state index contributed by atoms with van der Waals surface area (Å²) in [7, 11) is 0.00927. The largest absolute Gasteiger partial charge is 0.295 e. The van der Waals surface area contributed by atoms with Crippen LogP contribution in [0.2, 0.25) is 0 Å². The van der Waals surface area contributed by atoms with Crippen LogP contribution >= 0.6 is 11.8 Å². The number of hydrogen-bond donors (Lipinski definition) is 0. The van der Waals surface area contributed by atoms with Crippen LogP contribution in [0.4, 0.5) is 0 Å². The lowest BCUT2D eigenvalue weighted by Crippen LogP contribution is -2.25. The fraction of sp³-hybridized carbons (Fsp3) is 0.438. The van der Waals surface area contributed by atoms with Gasteiger partial charge < -0.3 is 0 Å². The van der Waals surface area contributed by atoms with Crippen molar-refractivity contribution in [2.45, 2.75) is 25.4 Å². The third kappa shape index (κ3) is 4.37. The maximum absolute atomic E-state index is 11.8. The van der Waals surface area contributed by atoms with E-state index in [2.05, 4.69) is 35.5 Å². The Hall–Kier alpha value is -1.31. The van der Waals surface area contributed by atoms with E-state index in [4.69, 9.17) is 0 Å². The summed E-state index contributed by atoms with van der Waals surface area (Å²) in [4.78, 5) is 4.40. The average Bonchev–Trinajstić information content (AvgIpc) is 2.94. The highest BCUT2D eigenvalue weighted by Crippen LogP contribution is 2.24. The highest BCUT2D eigenvalue weighted by molar-refractivity contribution is 7.99. The van der Waals surface area contributed by atoms with Gasteiger partial charge in [0.25, 0.3) is 0 Å². The van der Waals surface area contributed by atoms with Crippen LogP contribution in [0.15, 0.2) is 35.7 Å². The number of thioether (sulfide) groups is 1. The van der Waals surface area contributed by atoms with Crippen molar-refractivity contribution in [1.29, 1.82) is 0 Å². The standard InChI is InChI=1S/C16H23N3O2S2/c1-13-7-5-8-15(14(13)2)19-10-9-17-16(19)22-11-6-12-23(20,21)18(3)4/h5,7-10H,6,11-12H2,1-4H3. The maximum Gasteiger partial charge on any atom is 0.213 e. The minimum absolute atomic E-state index is 0.164. The molecule has 7 heteroatoms. The molecule has 0 atom stereocenters. The monoisotopic (exact) mass is 353 g/mol. The molecule has 0 saturated carbocycles. The number of imidazole rings is 1. The van der Waals surface area contributed by atoms with Gasteiger partial charge in [0.15, 0.2) is 5.16 Å². The van der Waals surface area contributed by atoms with Gasteiger partial charge in [-0.05, 0) is 37.5 Å². The molecule has 2 aromatic rings. The molecule has 1 aromatic carbocycles. The number of sulfonamides is 1. The second-order valence-corrected chi connectivity index (χ2v) is 8.96. The molecule has 0 bridgehead atoms. The summed E-state index contributed by atoms with van der Waals surface area (Å²) in [6.45, 7) is 4.19. The van der Waals surface area contributed by atoms with E-state index in [-0.39, 0.29) is 5.75 Å². The van der Waals surface area contributed by atoms with Crippen molar-refractivity contribution in [2.75, 3.05) is 25.6 Å². The number of hydrogen-bond acceptors (Lipinski definition) is 4. The lowest BCUT2D eigenvalue weighted by molar-refractivity contribution is 0.520. The lowest BCUT2D eigenvalue weighted by atomic mass is 10.1. The van der Waals surface area contributed by atoms with E-state index in [1.165, 1.54) is 15.4 Å². The fourth-order valence-electron chi connectivity index (χ4n) is 2.16. The molecular weight excluding hydrogens is 330 g/mol. The number of aryl methyl sites for hydroxylation is 1. The van der Waals surface area contributed by atoms with Crippen molar-refractivity contribution in [2.24, 2.45) is 0 Å². The second-order valence-electron chi connectivity index (χ2n) is 5.60. The summed E-state index contributed by atoms with van der Waals surface area (Å²) in [5.74, 6) is 0.881. The predicted molar refractivity (Wildman–Crippen MR) is 95.9 cm³/mol. The molecule has 2 rings (SSSR count). The quantitative estimate of drug-likeness (QED) is 0.567. The molecule has 0 amide bonds. The van der Waals surface area contributed by atoms with E-state index in [9.17, 15) is 8.42 Å². The van der Waals surface area contributed by atoms with Crippen LogP contribution in [0.3, 0.4) is 0 Å². The summed E-state index contributed by atoms with van der Waals surface area (Å²) in [6, 6.07) is 6.20. The van der Waals surface area contributed by atoms with E-state index in [0.717, 1.165) is 16.6 Å². The van der Waals surface area contributed by atoms with Gasteiger partial charge in [-0.3, -0.25) is 4.57 Å². The summed E-state index contributed by atoms with van der Waals surface area (Å²) < 4.78 is 26.9. The third-order valence-electron chi connectivity index (χ3n) is 3.78. The zero-order chi connectivity index (χ0) is 17.0. The minimum atomic E-state index is -3.12. The zero-order valence-corrected chi connectivity index (χ0v) is 15.6. The van der Waals surface area contributed by atoms with Crippen LogP contribution in [0.1, 0.15) is 17.5 Å². The van der Waals surface area contributed by atoms with Gasteiger partial charge in [0.05, 0.1) is 11.4 Å². The summed E-state index contributed by atoms with van der Waals surface area (Å²) in [5.41, 5.74) is 3.58.